The topological polar surface area (TPSA) is 80.3 Å². The molecule has 0 radical (unpaired) electrons. The van der Waals surface area contributed by atoms with Crippen LogP contribution in [0.5, 0.6) is 0 Å². The Labute approximate surface area is 127 Å². The minimum atomic E-state index is -1.33. The van der Waals surface area contributed by atoms with Crippen molar-refractivity contribution in [1.82, 2.24) is 0 Å². The molecule has 0 aliphatic rings. The zero-order valence-corrected chi connectivity index (χ0v) is 10.1. The van der Waals surface area contributed by atoms with Crippen molar-refractivity contribution >= 4 is 22.7 Å². The van der Waals surface area contributed by atoms with E-state index in [0.717, 1.165) is 0 Å². The van der Waals surface area contributed by atoms with Gasteiger partial charge < -0.3 is 19.8 Å². The third-order valence-electron chi connectivity index (χ3n) is 2.36. The van der Waals surface area contributed by atoms with Crippen molar-refractivity contribution in [1.29, 1.82) is 0 Å². The Hall–Kier alpha value is -1.17. The summed E-state index contributed by atoms with van der Waals surface area (Å²) in [6, 6.07) is 8.76. The van der Waals surface area contributed by atoms with E-state index in [1.165, 1.54) is 24.3 Å². The molecule has 18 heavy (non-hydrogen) atoms. The Morgan fingerprint density at radius 2 is 1.06 bits per heavy atom. The molecule has 0 spiro atoms. The molecule has 0 atom stereocenters. The van der Waals surface area contributed by atoms with E-state index in [1.807, 2.05) is 0 Å². The molecule has 0 heterocycles. The maximum absolute atomic E-state index is 10.8. The number of carboxylic acid groups (broad SMARTS) is 2. The molecule has 80 valence electrons. The summed E-state index contributed by atoms with van der Waals surface area (Å²) < 4.78 is 0. The fraction of sp³-hybridized carbons (Fsp3) is 0. The number of benzene rings is 2. The third kappa shape index (κ3) is 2.99. The van der Waals surface area contributed by atoms with Gasteiger partial charge in [-0.15, -0.1) is 0 Å². The molecule has 0 saturated heterocycles. The Morgan fingerprint density at radius 3 is 1.33 bits per heavy atom. The second-order valence-corrected chi connectivity index (χ2v) is 3.28. The van der Waals surface area contributed by atoms with Gasteiger partial charge in [-0.1, -0.05) is 36.4 Å². The Kier molecular flexibility index (Phi) is 6.25. The molecule has 4 nitrogen and oxygen atoms in total. The summed E-state index contributed by atoms with van der Waals surface area (Å²) in [6.45, 7) is 0. The number of aromatic carboxylic acids is 2. The molecule has 0 amide bonds. The average molecular weight is 228 g/mol. The molecule has 0 saturated carbocycles. The van der Waals surface area contributed by atoms with Gasteiger partial charge in [-0.2, -0.15) is 0 Å². The van der Waals surface area contributed by atoms with E-state index in [4.69, 9.17) is 0 Å². The van der Waals surface area contributed by atoms with Crippen LogP contribution < -0.4 is 47.9 Å². The van der Waals surface area contributed by atoms with Gasteiger partial charge in [0.15, 0.2) is 0 Å². The molecular weight excluding hydrogens is 222 g/mol. The fourth-order valence-corrected chi connectivity index (χ4v) is 1.66. The van der Waals surface area contributed by atoms with E-state index in [2.05, 4.69) is 0 Å². The summed E-state index contributed by atoms with van der Waals surface area (Å²) in [7, 11) is 0. The maximum atomic E-state index is 10.8. The number of hydrogen-bond acceptors (Lipinski definition) is 4. The van der Waals surface area contributed by atoms with E-state index in [-0.39, 0.29) is 48.8 Å². The van der Waals surface area contributed by atoms with Crippen molar-refractivity contribution in [3.8, 4) is 0 Å². The molecule has 0 fully saturated rings. The van der Waals surface area contributed by atoms with E-state index < -0.39 is 11.9 Å². The number of rotatable bonds is 2. The van der Waals surface area contributed by atoms with Crippen LogP contribution in [0.3, 0.4) is 0 Å². The Morgan fingerprint density at radius 1 is 0.722 bits per heavy atom. The normalized spacial score (nSPS) is 9.11. The molecule has 6 heteroatoms. The van der Waals surface area contributed by atoms with Gasteiger partial charge in [-0.25, -0.2) is 0 Å². The van der Waals surface area contributed by atoms with Crippen molar-refractivity contribution < 1.29 is 57.5 Å². The molecule has 0 bridgehead atoms. The monoisotopic (exact) mass is 228 g/mol. The first kappa shape index (κ1) is 16.8. The summed E-state index contributed by atoms with van der Waals surface area (Å²) in [4.78, 5) is 21.6. The Bertz CT molecular complexity index is 543. The fourth-order valence-electron chi connectivity index (χ4n) is 1.66. The second-order valence-electron chi connectivity index (χ2n) is 3.28. The number of hydrogen-bond donors (Lipinski definition) is 0. The molecule has 2 rings (SSSR count). The van der Waals surface area contributed by atoms with Crippen molar-refractivity contribution in [2.45, 2.75) is 0 Å². The van der Waals surface area contributed by atoms with Crippen LogP contribution in [-0.4, -0.2) is 11.9 Å². The van der Waals surface area contributed by atoms with Crippen molar-refractivity contribution in [2.24, 2.45) is 0 Å². The number of fused-ring (bicyclic) bond motifs is 1. The minimum absolute atomic E-state index is 0. The van der Waals surface area contributed by atoms with Crippen molar-refractivity contribution in [2.75, 3.05) is 0 Å². The Balaban J connectivity index is 0.00000144. The minimum Gasteiger partial charge on any atom is -0.545 e. The summed E-state index contributed by atoms with van der Waals surface area (Å²) in [5.74, 6) is -2.66. The van der Waals surface area contributed by atoms with Crippen LogP contribution in [0.1, 0.15) is 20.7 Å². The summed E-state index contributed by atoms with van der Waals surface area (Å²) in [6.07, 6.45) is 0. The van der Waals surface area contributed by atoms with Crippen molar-refractivity contribution in [3.63, 3.8) is 0 Å². The van der Waals surface area contributed by atoms with Crippen LogP contribution in [0.15, 0.2) is 36.4 Å². The van der Waals surface area contributed by atoms with Crippen molar-refractivity contribution in [3.05, 3.63) is 47.5 Å². The van der Waals surface area contributed by atoms with Crippen LogP contribution >= 0.6 is 0 Å². The zero-order valence-electron chi connectivity index (χ0n) is 10.1. The zero-order chi connectivity index (χ0) is 11.7. The summed E-state index contributed by atoms with van der Waals surface area (Å²) in [5, 5.41) is 22.3. The number of carbonyl (C=O) groups excluding carboxylic acids is 2. The quantitative estimate of drug-likeness (QED) is 0.479. The van der Waals surface area contributed by atoms with Gasteiger partial charge in [-0.3, -0.25) is 0 Å². The maximum Gasteiger partial charge on any atom is 1.00 e. The first-order chi connectivity index (χ1) is 7.61. The van der Waals surface area contributed by atoms with Gasteiger partial charge in [0.05, 0.1) is 11.9 Å². The summed E-state index contributed by atoms with van der Waals surface area (Å²) >= 11 is 0. The van der Waals surface area contributed by atoms with Crippen LogP contribution in [-0.2, 0) is 0 Å². The molecule has 0 aliphatic heterocycles. The predicted octanol–water partition coefficient (Wildman–Crippen LogP) is -6.43. The number of carboxylic acids is 2. The van der Waals surface area contributed by atoms with Crippen LogP contribution in [0, 0.1) is 0 Å². The molecule has 0 N–H and O–H groups in total. The number of carbonyl (C=O) groups is 2. The standard InChI is InChI=1S/C12H8O4.2Li/c13-11(14)9-5-6-10(12(15)16)8-4-2-1-3-7(8)9;;/h1-6H,(H,13,14)(H,15,16);;/q;2*+1/p-2. The molecule has 2 aromatic carbocycles. The van der Waals surface area contributed by atoms with Gasteiger partial charge >= 0.3 is 37.7 Å². The van der Waals surface area contributed by atoms with Crippen LogP contribution in [0.2, 0.25) is 0 Å². The van der Waals surface area contributed by atoms with E-state index >= 15 is 0 Å². The predicted molar refractivity (Wildman–Crippen MR) is 52.6 cm³/mol. The van der Waals surface area contributed by atoms with Crippen LogP contribution in [0.25, 0.3) is 10.8 Å². The second kappa shape index (κ2) is 6.68. The van der Waals surface area contributed by atoms with Gasteiger partial charge in [0.1, 0.15) is 0 Å². The summed E-state index contributed by atoms with van der Waals surface area (Å²) in [5.41, 5.74) is -0.0544. The van der Waals surface area contributed by atoms with E-state index in [9.17, 15) is 19.8 Å². The molecule has 2 aromatic rings. The van der Waals surface area contributed by atoms with Gasteiger partial charge in [-0.05, 0) is 10.8 Å². The largest absolute Gasteiger partial charge is 1.00 e. The van der Waals surface area contributed by atoms with Gasteiger partial charge in [0, 0.05) is 11.1 Å². The smallest absolute Gasteiger partial charge is 0.545 e. The molecule has 0 aromatic heterocycles. The first-order valence-corrected chi connectivity index (χ1v) is 4.55. The molecular formula is C12H6Li2O4. The third-order valence-corrected chi connectivity index (χ3v) is 2.36. The van der Waals surface area contributed by atoms with Gasteiger partial charge in [0.2, 0.25) is 0 Å². The molecule has 0 unspecified atom stereocenters. The first-order valence-electron chi connectivity index (χ1n) is 4.55. The SMILES string of the molecule is O=C([O-])c1ccc(C(=O)[O-])c2ccccc12.[Li+].[Li+]. The van der Waals surface area contributed by atoms with E-state index in [0.29, 0.717) is 10.8 Å². The van der Waals surface area contributed by atoms with E-state index in [1.54, 1.807) is 12.1 Å². The molecule has 0 aliphatic carbocycles. The van der Waals surface area contributed by atoms with Gasteiger partial charge in [0.25, 0.3) is 0 Å². The van der Waals surface area contributed by atoms with Crippen LogP contribution in [0.4, 0.5) is 0 Å². The average Bonchev–Trinajstić information content (AvgIpc) is 2.27.